The van der Waals surface area contributed by atoms with Crippen LogP contribution < -0.4 is 4.90 Å². The third-order valence-electron chi connectivity index (χ3n) is 4.98. The van der Waals surface area contributed by atoms with Crippen molar-refractivity contribution in [2.24, 2.45) is 0 Å². The molecule has 1 saturated heterocycles. The second-order valence-corrected chi connectivity index (χ2v) is 7.10. The summed E-state index contributed by atoms with van der Waals surface area (Å²) in [7, 11) is 1.23. The summed E-state index contributed by atoms with van der Waals surface area (Å²) in [5.74, 6) is -0.745. The predicted octanol–water partition coefficient (Wildman–Crippen LogP) is 2.94. The van der Waals surface area contributed by atoms with E-state index in [1.807, 2.05) is 18.2 Å². The number of hydrogen-bond acceptors (Lipinski definition) is 5. The van der Waals surface area contributed by atoms with E-state index in [4.69, 9.17) is 4.74 Å². The van der Waals surface area contributed by atoms with Crippen molar-refractivity contribution in [1.29, 1.82) is 0 Å². The van der Waals surface area contributed by atoms with Gasteiger partial charge >= 0.3 is 11.5 Å². The lowest BCUT2D eigenvalue weighted by molar-refractivity contribution is -0.559. The van der Waals surface area contributed by atoms with Gasteiger partial charge in [0.25, 0.3) is 0 Å². The first-order valence-electron chi connectivity index (χ1n) is 7.78. The van der Waals surface area contributed by atoms with E-state index in [-0.39, 0.29) is 6.42 Å². The minimum Gasteiger partial charge on any atom is -0.464 e. The maximum atomic E-state index is 12.5. The van der Waals surface area contributed by atoms with Crippen molar-refractivity contribution < 1.29 is 14.5 Å². The van der Waals surface area contributed by atoms with Gasteiger partial charge in [-0.05, 0) is 36.6 Å². The van der Waals surface area contributed by atoms with E-state index in [2.05, 4.69) is 20.8 Å². The van der Waals surface area contributed by atoms with Crippen LogP contribution in [0.5, 0.6) is 0 Å². The number of esters is 1. The average Bonchev–Trinajstić information content (AvgIpc) is 2.78. The van der Waals surface area contributed by atoms with Gasteiger partial charge in [-0.15, -0.1) is 0 Å². The highest BCUT2D eigenvalue weighted by Crippen LogP contribution is 2.42. The molecule has 23 heavy (non-hydrogen) atoms. The molecule has 0 radical (unpaired) electrons. The van der Waals surface area contributed by atoms with Crippen molar-refractivity contribution in [2.75, 3.05) is 18.6 Å². The fraction of sp³-hybridized carbons (Fsp3) is 0.562. The lowest BCUT2D eigenvalue weighted by atomic mass is 9.77. The number of rotatable bonds is 2. The molecule has 1 aromatic carbocycles. The first kappa shape index (κ1) is 16.2. The Morgan fingerprint density at radius 3 is 2.91 bits per heavy atom. The highest BCUT2D eigenvalue weighted by Gasteiger charge is 2.63. The highest BCUT2D eigenvalue weighted by molar-refractivity contribution is 9.10. The molecule has 1 fully saturated rings. The maximum Gasteiger partial charge on any atom is 0.387 e. The molecule has 7 heteroatoms. The van der Waals surface area contributed by atoms with E-state index in [1.54, 1.807) is 0 Å². The summed E-state index contributed by atoms with van der Waals surface area (Å²) in [6, 6.07) is 5.34. The minimum absolute atomic E-state index is 0.0720. The van der Waals surface area contributed by atoms with Crippen molar-refractivity contribution in [3.63, 3.8) is 0 Å². The molecule has 0 spiro atoms. The summed E-state index contributed by atoms with van der Waals surface area (Å²) in [5, 5.41) is 12.0. The molecule has 2 unspecified atom stereocenters. The largest absolute Gasteiger partial charge is 0.464 e. The molecule has 2 aliphatic rings. The number of halogens is 1. The molecule has 2 aliphatic heterocycles. The van der Waals surface area contributed by atoms with Crippen LogP contribution in [0.4, 0.5) is 5.69 Å². The Morgan fingerprint density at radius 2 is 2.22 bits per heavy atom. The Hall–Kier alpha value is -1.63. The molecule has 0 bridgehead atoms. The zero-order valence-corrected chi connectivity index (χ0v) is 14.5. The zero-order valence-electron chi connectivity index (χ0n) is 13.0. The van der Waals surface area contributed by atoms with Gasteiger partial charge in [0.15, 0.2) is 0 Å². The maximum absolute atomic E-state index is 12.5. The van der Waals surface area contributed by atoms with Crippen LogP contribution in [0.1, 0.15) is 31.2 Å². The second kappa shape index (κ2) is 6.11. The van der Waals surface area contributed by atoms with Gasteiger partial charge in [0.1, 0.15) is 6.04 Å². The molecule has 1 aromatic rings. The zero-order chi connectivity index (χ0) is 16.6. The Morgan fingerprint density at radius 1 is 1.43 bits per heavy atom. The van der Waals surface area contributed by atoms with Crippen molar-refractivity contribution in [1.82, 2.24) is 0 Å². The molecule has 0 aliphatic carbocycles. The molecule has 0 saturated carbocycles. The number of fused-ring (bicyclic) bond motifs is 3. The van der Waals surface area contributed by atoms with E-state index >= 15 is 0 Å². The molecule has 2 atom stereocenters. The first-order chi connectivity index (χ1) is 11.0. The van der Waals surface area contributed by atoms with Crippen LogP contribution in [0.2, 0.25) is 0 Å². The van der Waals surface area contributed by atoms with E-state index in [9.17, 15) is 14.9 Å². The predicted molar refractivity (Wildman–Crippen MR) is 89.2 cm³/mol. The average molecular weight is 383 g/mol. The lowest BCUT2D eigenvalue weighted by Gasteiger charge is -2.43. The number of carbonyl (C=O) groups is 1. The van der Waals surface area contributed by atoms with Gasteiger partial charge in [-0.3, -0.25) is 10.1 Å². The summed E-state index contributed by atoms with van der Waals surface area (Å²) in [5.41, 5.74) is 0.0912. The quantitative estimate of drug-likeness (QED) is 0.446. The van der Waals surface area contributed by atoms with Crippen LogP contribution in [0.25, 0.3) is 0 Å². The molecule has 0 aromatic heterocycles. The summed E-state index contributed by atoms with van der Waals surface area (Å²) in [4.78, 5) is 26.1. The third-order valence-corrected chi connectivity index (χ3v) is 5.47. The van der Waals surface area contributed by atoms with Gasteiger partial charge < -0.3 is 9.64 Å². The normalized spacial score (nSPS) is 26.7. The number of nitrogens with zero attached hydrogens (tertiary/aromatic N) is 2. The highest BCUT2D eigenvalue weighted by atomic mass is 79.9. The Balaban J connectivity index is 2.20. The van der Waals surface area contributed by atoms with E-state index in [0.29, 0.717) is 6.42 Å². The van der Waals surface area contributed by atoms with Gasteiger partial charge in [0.05, 0.1) is 13.5 Å². The number of hydrogen-bond donors (Lipinski definition) is 0. The summed E-state index contributed by atoms with van der Waals surface area (Å²) >= 11 is 3.42. The monoisotopic (exact) mass is 382 g/mol. The van der Waals surface area contributed by atoms with Gasteiger partial charge in [-0.25, -0.2) is 4.79 Å². The van der Waals surface area contributed by atoms with Crippen LogP contribution in [0.15, 0.2) is 22.7 Å². The van der Waals surface area contributed by atoms with E-state index in [1.165, 1.54) is 7.11 Å². The molecule has 0 amide bonds. The van der Waals surface area contributed by atoms with Crippen LogP contribution in [-0.4, -0.2) is 36.1 Å². The van der Waals surface area contributed by atoms with Gasteiger partial charge in [0, 0.05) is 21.6 Å². The van der Waals surface area contributed by atoms with Gasteiger partial charge in [-0.2, -0.15) is 0 Å². The summed E-state index contributed by atoms with van der Waals surface area (Å²) < 4.78 is 5.72. The molecule has 0 N–H and O–H groups in total. The van der Waals surface area contributed by atoms with Crippen LogP contribution in [-0.2, 0) is 16.0 Å². The van der Waals surface area contributed by atoms with Crippen LogP contribution in [0.3, 0.4) is 0 Å². The van der Waals surface area contributed by atoms with Crippen LogP contribution >= 0.6 is 15.9 Å². The molecular formula is C16H19BrN2O4. The van der Waals surface area contributed by atoms with Crippen molar-refractivity contribution >= 4 is 27.6 Å². The molecule has 6 nitrogen and oxygen atoms in total. The number of ether oxygens (including phenoxy) is 1. The number of nitro groups is 1. The van der Waals surface area contributed by atoms with Crippen molar-refractivity contribution in [2.45, 2.75) is 43.7 Å². The molecule has 2 heterocycles. The number of methoxy groups -OCH3 is 1. The van der Waals surface area contributed by atoms with Gasteiger partial charge in [0.2, 0.25) is 0 Å². The standard InChI is InChI=1S/C16H19BrN2O4/c1-23-15(20)16(19(21)22)10-11-9-12(17)6-7-13(11)18-8-4-2-3-5-14(16)18/h6-7,9,14H,2-5,8,10H2,1H3. The minimum atomic E-state index is -1.73. The molecule has 3 rings (SSSR count). The first-order valence-corrected chi connectivity index (χ1v) is 8.58. The number of carbonyl (C=O) groups excluding carboxylic acids is 1. The third kappa shape index (κ3) is 2.51. The topological polar surface area (TPSA) is 72.7 Å². The number of benzene rings is 1. The Labute approximate surface area is 143 Å². The van der Waals surface area contributed by atoms with E-state index < -0.39 is 22.5 Å². The van der Waals surface area contributed by atoms with Crippen molar-refractivity contribution in [3.05, 3.63) is 38.3 Å². The van der Waals surface area contributed by atoms with E-state index in [0.717, 1.165) is 41.5 Å². The molecule has 124 valence electrons. The molecular weight excluding hydrogens is 364 g/mol. The van der Waals surface area contributed by atoms with Gasteiger partial charge in [-0.1, -0.05) is 28.8 Å². The van der Waals surface area contributed by atoms with Crippen molar-refractivity contribution in [3.8, 4) is 0 Å². The fourth-order valence-corrected chi connectivity index (χ4v) is 4.33. The SMILES string of the molecule is COC(=O)C1([N+](=O)[O-])Cc2cc(Br)ccc2N2CCCCCC21. The Bertz CT molecular complexity index is 651. The summed E-state index contributed by atoms with van der Waals surface area (Å²) in [6.45, 7) is 0.728. The summed E-state index contributed by atoms with van der Waals surface area (Å²) in [6.07, 6.45) is 3.59. The van der Waals surface area contributed by atoms with Crippen LogP contribution in [0, 0.1) is 10.1 Å². The fourth-order valence-electron chi connectivity index (χ4n) is 3.92. The smallest absolute Gasteiger partial charge is 0.387 e. The second-order valence-electron chi connectivity index (χ2n) is 6.18. The Kier molecular flexibility index (Phi) is 4.31. The lowest BCUT2D eigenvalue weighted by Crippen LogP contribution is -2.66. The number of anilines is 1.